The van der Waals surface area contributed by atoms with Crippen LogP contribution in [0.3, 0.4) is 0 Å². The fourth-order valence-electron chi connectivity index (χ4n) is 6.66. The van der Waals surface area contributed by atoms with Crippen LogP contribution in [0.15, 0.2) is 12.2 Å². The molecule has 0 aromatic carbocycles. The van der Waals surface area contributed by atoms with E-state index in [9.17, 15) is 30.0 Å². The largest absolute Gasteiger partial charge is 0.462 e. The standard InChI is InChI=1S/C43H80O10/c1-3-5-7-9-11-13-15-16-17-18-19-20-21-22-24-25-27-29-31-38(45)50-34-36(35-51-43-42(49)41(48)40(47)37(33-44)53-43)52-39(46)32-30-28-26-23-14-12-10-8-6-4-2/h8,10,36-37,40-44,47-49H,3-7,9,11-35H2,1-2H3/b10-8-. The third-order valence-electron chi connectivity index (χ3n) is 10.1. The average Bonchev–Trinajstić information content (AvgIpc) is 3.15. The van der Waals surface area contributed by atoms with Crippen LogP contribution in [0, 0.1) is 0 Å². The molecule has 1 aliphatic heterocycles. The van der Waals surface area contributed by atoms with Crippen LogP contribution in [0.1, 0.15) is 194 Å². The molecule has 0 aromatic rings. The maximum atomic E-state index is 12.7. The summed E-state index contributed by atoms with van der Waals surface area (Å²) in [6.45, 7) is 3.36. The van der Waals surface area contributed by atoms with Crippen molar-refractivity contribution in [3.8, 4) is 0 Å². The van der Waals surface area contributed by atoms with Gasteiger partial charge in [0.1, 0.15) is 31.0 Å². The van der Waals surface area contributed by atoms with Gasteiger partial charge in [-0.1, -0.05) is 161 Å². The van der Waals surface area contributed by atoms with Crippen molar-refractivity contribution in [3.63, 3.8) is 0 Å². The highest BCUT2D eigenvalue weighted by atomic mass is 16.7. The van der Waals surface area contributed by atoms with Gasteiger partial charge in [0.15, 0.2) is 12.4 Å². The highest BCUT2D eigenvalue weighted by Crippen LogP contribution is 2.23. The van der Waals surface area contributed by atoms with Crippen molar-refractivity contribution in [1.29, 1.82) is 0 Å². The molecule has 4 N–H and O–H groups in total. The number of carbonyl (C=O) groups is 2. The first-order valence-corrected chi connectivity index (χ1v) is 21.8. The number of carbonyl (C=O) groups excluding carboxylic acids is 2. The van der Waals surface area contributed by atoms with Crippen LogP contribution >= 0.6 is 0 Å². The summed E-state index contributed by atoms with van der Waals surface area (Å²) in [5.41, 5.74) is 0. The summed E-state index contributed by atoms with van der Waals surface area (Å²) in [6, 6.07) is 0. The van der Waals surface area contributed by atoms with Gasteiger partial charge in [0.2, 0.25) is 0 Å². The summed E-state index contributed by atoms with van der Waals surface area (Å²) in [5, 5.41) is 40.0. The minimum Gasteiger partial charge on any atom is -0.462 e. The molecule has 1 aliphatic rings. The number of unbranched alkanes of at least 4 members (excludes halogenated alkanes) is 23. The normalized spacial score (nSPS) is 20.9. The lowest BCUT2D eigenvalue weighted by Gasteiger charge is -2.39. The van der Waals surface area contributed by atoms with Crippen molar-refractivity contribution >= 4 is 11.9 Å². The lowest BCUT2D eigenvalue weighted by Crippen LogP contribution is -2.59. The zero-order chi connectivity index (χ0) is 38.8. The Labute approximate surface area is 322 Å². The number of hydrogen-bond acceptors (Lipinski definition) is 10. The minimum absolute atomic E-state index is 0.216. The van der Waals surface area contributed by atoms with Gasteiger partial charge >= 0.3 is 11.9 Å². The van der Waals surface area contributed by atoms with Gasteiger partial charge in [-0.3, -0.25) is 9.59 Å². The van der Waals surface area contributed by atoms with E-state index in [-0.39, 0.29) is 32.0 Å². The molecule has 1 rings (SSSR count). The number of aliphatic hydroxyl groups is 4. The topological polar surface area (TPSA) is 152 Å². The number of aliphatic hydroxyl groups excluding tert-OH is 4. The summed E-state index contributed by atoms with van der Waals surface area (Å²) < 4.78 is 22.1. The van der Waals surface area contributed by atoms with Crippen molar-refractivity contribution in [1.82, 2.24) is 0 Å². The Kier molecular flexibility index (Phi) is 32.6. The molecule has 0 radical (unpaired) electrons. The highest BCUT2D eigenvalue weighted by Gasteiger charge is 2.44. The summed E-state index contributed by atoms with van der Waals surface area (Å²) in [7, 11) is 0. The first-order chi connectivity index (χ1) is 25.8. The lowest BCUT2D eigenvalue weighted by molar-refractivity contribution is -0.305. The van der Waals surface area contributed by atoms with E-state index in [1.165, 1.54) is 96.3 Å². The molecule has 0 aliphatic carbocycles. The molecule has 0 spiro atoms. The van der Waals surface area contributed by atoms with E-state index >= 15 is 0 Å². The molecule has 0 bridgehead atoms. The molecular formula is C43H80O10. The van der Waals surface area contributed by atoms with E-state index in [1.807, 2.05) is 0 Å². The van der Waals surface area contributed by atoms with Gasteiger partial charge in [0, 0.05) is 12.8 Å². The molecule has 0 amide bonds. The fourth-order valence-corrected chi connectivity index (χ4v) is 6.66. The van der Waals surface area contributed by atoms with E-state index in [0.29, 0.717) is 6.42 Å². The van der Waals surface area contributed by atoms with Crippen LogP contribution in [0.2, 0.25) is 0 Å². The third kappa shape index (κ3) is 26.8. The Hall–Kier alpha value is -1.56. The first-order valence-electron chi connectivity index (χ1n) is 21.8. The summed E-state index contributed by atoms with van der Waals surface area (Å²) in [5.74, 6) is -0.811. The maximum Gasteiger partial charge on any atom is 0.306 e. The number of rotatable bonds is 36. The van der Waals surface area contributed by atoms with Crippen LogP contribution in [0.25, 0.3) is 0 Å². The molecule has 10 nitrogen and oxygen atoms in total. The van der Waals surface area contributed by atoms with Gasteiger partial charge in [-0.05, 0) is 32.1 Å². The summed E-state index contributed by atoms with van der Waals surface area (Å²) in [6.07, 6.45) is 28.0. The van der Waals surface area contributed by atoms with Crippen LogP contribution in [0.4, 0.5) is 0 Å². The molecular weight excluding hydrogens is 676 g/mol. The Morgan fingerprint density at radius 1 is 0.566 bits per heavy atom. The van der Waals surface area contributed by atoms with Crippen molar-refractivity contribution in [2.24, 2.45) is 0 Å². The predicted molar refractivity (Wildman–Crippen MR) is 210 cm³/mol. The molecule has 1 fully saturated rings. The number of allylic oxidation sites excluding steroid dienone is 2. The Bertz CT molecular complexity index is 881. The molecule has 1 saturated heterocycles. The zero-order valence-corrected chi connectivity index (χ0v) is 33.8. The average molecular weight is 757 g/mol. The molecule has 53 heavy (non-hydrogen) atoms. The molecule has 312 valence electrons. The number of ether oxygens (including phenoxy) is 4. The molecule has 0 saturated carbocycles. The van der Waals surface area contributed by atoms with E-state index in [4.69, 9.17) is 18.9 Å². The molecule has 10 heteroatoms. The Morgan fingerprint density at radius 2 is 1.04 bits per heavy atom. The Balaban J connectivity index is 2.29. The van der Waals surface area contributed by atoms with Gasteiger partial charge in [-0.2, -0.15) is 0 Å². The quantitative estimate of drug-likeness (QED) is 0.0277. The van der Waals surface area contributed by atoms with Crippen molar-refractivity contribution < 1.29 is 49.0 Å². The number of hydrogen-bond donors (Lipinski definition) is 4. The smallest absolute Gasteiger partial charge is 0.306 e. The van der Waals surface area contributed by atoms with Gasteiger partial charge in [0.25, 0.3) is 0 Å². The van der Waals surface area contributed by atoms with Crippen LogP contribution < -0.4 is 0 Å². The monoisotopic (exact) mass is 757 g/mol. The number of esters is 2. The van der Waals surface area contributed by atoms with Crippen LogP contribution in [-0.4, -0.2) is 89.0 Å². The summed E-state index contributed by atoms with van der Waals surface area (Å²) in [4.78, 5) is 25.2. The van der Waals surface area contributed by atoms with Crippen LogP contribution in [0.5, 0.6) is 0 Å². The predicted octanol–water partition coefficient (Wildman–Crippen LogP) is 8.78. The van der Waals surface area contributed by atoms with Crippen molar-refractivity contribution in [3.05, 3.63) is 12.2 Å². The van der Waals surface area contributed by atoms with Gasteiger partial charge in [0.05, 0.1) is 13.2 Å². The van der Waals surface area contributed by atoms with Crippen molar-refractivity contribution in [2.75, 3.05) is 19.8 Å². The molecule has 6 atom stereocenters. The third-order valence-corrected chi connectivity index (χ3v) is 10.1. The van der Waals surface area contributed by atoms with Gasteiger partial charge in [-0.25, -0.2) is 0 Å². The van der Waals surface area contributed by atoms with E-state index in [2.05, 4.69) is 26.0 Å². The summed E-state index contributed by atoms with van der Waals surface area (Å²) >= 11 is 0. The highest BCUT2D eigenvalue weighted by molar-refractivity contribution is 5.70. The SMILES string of the molecule is CCC/C=C\CCCCCCCC(=O)OC(COC(=O)CCCCCCCCCCCCCCCCCCCC)COC1OC(CO)C(O)C(O)C1O. The first kappa shape index (κ1) is 49.5. The molecule has 1 heterocycles. The van der Waals surface area contributed by atoms with Gasteiger partial charge < -0.3 is 39.4 Å². The van der Waals surface area contributed by atoms with E-state index in [1.54, 1.807) is 0 Å². The second-order valence-electron chi connectivity index (χ2n) is 15.2. The Morgan fingerprint density at radius 3 is 1.55 bits per heavy atom. The van der Waals surface area contributed by atoms with Crippen LogP contribution in [-0.2, 0) is 28.5 Å². The zero-order valence-electron chi connectivity index (χ0n) is 33.8. The second-order valence-corrected chi connectivity index (χ2v) is 15.2. The van der Waals surface area contributed by atoms with E-state index in [0.717, 1.165) is 64.2 Å². The second kappa shape index (κ2) is 34.9. The molecule has 6 unspecified atom stereocenters. The fraction of sp³-hybridized carbons (Fsp3) is 0.907. The van der Waals surface area contributed by atoms with E-state index < -0.39 is 49.4 Å². The van der Waals surface area contributed by atoms with Gasteiger partial charge in [-0.15, -0.1) is 0 Å². The van der Waals surface area contributed by atoms with Crippen molar-refractivity contribution in [2.45, 2.75) is 230 Å². The minimum atomic E-state index is -1.59. The lowest BCUT2D eigenvalue weighted by atomic mass is 9.99. The maximum absolute atomic E-state index is 12.7. The molecule has 0 aromatic heterocycles.